The van der Waals surface area contributed by atoms with E-state index in [-0.39, 0.29) is 60.7 Å². The molecule has 2 N–H and O–H groups in total. The molecule has 0 saturated heterocycles. The first kappa shape index (κ1) is 29.4. The smallest absolute Gasteiger partial charge is 0.550 e. The molecule has 2 rings (SSSR count). The van der Waals surface area contributed by atoms with Gasteiger partial charge in [0.15, 0.2) is 0 Å². The van der Waals surface area contributed by atoms with Crippen LogP contribution in [0.1, 0.15) is 80.1 Å². The Hall–Kier alpha value is 0.431. The number of aliphatic carboxylic acids is 2. The van der Waals surface area contributed by atoms with E-state index in [2.05, 4.69) is 27.7 Å². The number of carboxylic acid groups (broad SMARTS) is 2. The van der Waals surface area contributed by atoms with E-state index in [0.29, 0.717) is 37.5 Å². The van der Waals surface area contributed by atoms with Crippen LogP contribution in [0.2, 0.25) is 0 Å². The van der Waals surface area contributed by atoms with E-state index in [9.17, 15) is 30.0 Å². The Kier molecular flexibility index (Phi) is 12.1. The Bertz CT molecular complexity index is 503. The molecule has 0 amide bonds. The molecule has 2 aliphatic rings. The number of carbonyl (C=O) groups excluding carboxylic acids is 2. The molecule has 29 heavy (non-hydrogen) atoms. The van der Waals surface area contributed by atoms with Crippen LogP contribution in [0.15, 0.2) is 0 Å². The number of hydrogen-bond acceptors (Lipinski definition) is 6. The van der Waals surface area contributed by atoms with Crippen LogP contribution in [0, 0.1) is 34.5 Å². The second-order valence-corrected chi connectivity index (χ2v) is 10.1. The maximum absolute atomic E-state index is 10.9. The van der Waals surface area contributed by atoms with Gasteiger partial charge in [0.2, 0.25) is 0 Å². The molecule has 2 aliphatic carbocycles. The summed E-state index contributed by atoms with van der Waals surface area (Å²) >= 11 is 0. The summed E-state index contributed by atoms with van der Waals surface area (Å²) in [5.74, 6) is -0.755. The molecule has 7 heteroatoms. The maximum Gasteiger partial charge on any atom is 2.00 e. The van der Waals surface area contributed by atoms with Crippen LogP contribution in [0.4, 0.5) is 0 Å². The van der Waals surface area contributed by atoms with Crippen LogP contribution >= 0.6 is 0 Å². The minimum absolute atomic E-state index is 0. The summed E-state index contributed by atoms with van der Waals surface area (Å²) < 4.78 is 0. The number of carboxylic acids is 2. The van der Waals surface area contributed by atoms with E-state index in [1.807, 2.05) is 0 Å². The van der Waals surface area contributed by atoms with E-state index in [0.717, 1.165) is 12.8 Å². The van der Waals surface area contributed by atoms with E-state index < -0.39 is 35.0 Å². The molecule has 6 unspecified atom stereocenters. The molecule has 164 valence electrons. The van der Waals surface area contributed by atoms with Gasteiger partial charge in [-0.25, -0.2) is 0 Å². The van der Waals surface area contributed by atoms with E-state index in [1.54, 1.807) is 13.8 Å². The predicted octanol–water partition coefficient (Wildman–Crippen LogP) is 0.738. The van der Waals surface area contributed by atoms with Crippen LogP contribution < -0.4 is 10.2 Å². The van der Waals surface area contributed by atoms with Crippen LogP contribution in [0.25, 0.3) is 0 Å². The summed E-state index contributed by atoms with van der Waals surface area (Å²) in [5, 5.41) is 41.4. The van der Waals surface area contributed by atoms with Crippen molar-refractivity contribution in [2.45, 2.75) is 92.3 Å². The van der Waals surface area contributed by atoms with Crippen molar-refractivity contribution in [1.82, 2.24) is 0 Å². The molecule has 0 aromatic heterocycles. The molecular formula is C22H38BaO6. The van der Waals surface area contributed by atoms with Gasteiger partial charge in [-0.3, -0.25) is 0 Å². The molecule has 2 saturated carbocycles. The van der Waals surface area contributed by atoms with Crippen LogP contribution in [-0.2, 0) is 9.59 Å². The number of aliphatic hydroxyl groups is 2. The van der Waals surface area contributed by atoms with Gasteiger partial charge in [0.05, 0.1) is 12.2 Å². The van der Waals surface area contributed by atoms with Gasteiger partial charge in [-0.05, 0) is 62.2 Å². The first-order valence-corrected chi connectivity index (χ1v) is 10.5. The summed E-state index contributed by atoms with van der Waals surface area (Å²) in [6.07, 6.45) is 2.48. The third kappa shape index (κ3) is 7.81. The van der Waals surface area contributed by atoms with Gasteiger partial charge in [0, 0.05) is 22.8 Å². The average molecular weight is 536 g/mol. The standard InChI is InChI=1S/2C11H20O3.Ba/c2*1-7(2)8-4-5-11(3,10(13)14)6-9(8)12;/h2*7-9,12H,4-6H2,1-3H3,(H,13,14);/q;;+2/p-2. The monoisotopic (exact) mass is 536 g/mol. The summed E-state index contributed by atoms with van der Waals surface area (Å²) in [4.78, 5) is 21.8. The van der Waals surface area contributed by atoms with Gasteiger partial charge >= 0.3 is 48.9 Å². The van der Waals surface area contributed by atoms with Crippen molar-refractivity contribution in [2.75, 3.05) is 0 Å². The van der Waals surface area contributed by atoms with Crippen molar-refractivity contribution in [3.63, 3.8) is 0 Å². The largest absolute Gasteiger partial charge is 2.00 e. The molecule has 2 fully saturated rings. The summed E-state index contributed by atoms with van der Waals surface area (Å²) in [6, 6.07) is 0. The van der Waals surface area contributed by atoms with Crippen LogP contribution in [0.3, 0.4) is 0 Å². The molecule has 0 spiro atoms. The van der Waals surface area contributed by atoms with E-state index >= 15 is 0 Å². The Morgan fingerprint density at radius 2 is 1.07 bits per heavy atom. The second kappa shape index (κ2) is 11.9. The predicted molar refractivity (Wildman–Crippen MR) is 108 cm³/mol. The number of hydrogen-bond donors (Lipinski definition) is 2. The normalized spacial score (nSPS) is 37.3. The fourth-order valence-electron chi connectivity index (χ4n) is 4.71. The molecule has 6 nitrogen and oxygen atoms in total. The average Bonchev–Trinajstić information content (AvgIpc) is 2.54. The van der Waals surface area contributed by atoms with E-state index in [4.69, 9.17) is 0 Å². The molecule has 6 atom stereocenters. The van der Waals surface area contributed by atoms with Crippen molar-refractivity contribution in [3.05, 3.63) is 0 Å². The quantitative estimate of drug-likeness (QED) is 0.512. The molecule has 0 heterocycles. The van der Waals surface area contributed by atoms with Crippen molar-refractivity contribution >= 4 is 60.8 Å². The van der Waals surface area contributed by atoms with Crippen molar-refractivity contribution in [1.29, 1.82) is 0 Å². The first-order valence-electron chi connectivity index (χ1n) is 10.5. The van der Waals surface area contributed by atoms with Crippen molar-refractivity contribution in [3.8, 4) is 0 Å². The molecule has 0 bridgehead atoms. The van der Waals surface area contributed by atoms with Gasteiger partial charge in [-0.2, -0.15) is 0 Å². The summed E-state index contributed by atoms with van der Waals surface area (Å²) in [7, 11) is 0. The van der Waals surface area contributed by atoms with Gasteiger partial charge in [0.25, 0.3) is 0 Å². The fraction of sp³-hybridized carbons (Fsp3) is 0.909. The first-order chi connectivity index (χ1) is 12.7. The molecule has 0 aromatic rings. The van der Waals surface area contributed by atoms with Gasteiger partial charge in [0.1, 0.15) is 0 Å². The molecule has 0 radical (unpaired) electrons. The maximum atomic E-state index is 10.9. The number of rotatable bonds is 4. The van der Waals surface area contributed by atoms with Crippen molar-refractivity contribution in [2.24, 2.45) is 34.5 Å². The fourth-order valence-corrected chi connectivity index (χ4v) is 4.71. The zero-order valence-corrected chi connectivity index (χ0v) is 23.4. The van der Waals surface area contributed by atoms with E-state index in [1.165, 1.54) is 0 Å². The van der Waals surface area contributed by atoms with Gasteiger partial charge < -0.3 is 30.0 Å². The minimum Gasteiger partial charge on any atom is -0.550 e. The summed E-state index contributed by atoms with van der Waals surface area (Å²) in [5.41, 5.74) is -1.66. The van der Waals surface area contributed by atoms with Crippen molar-refractivity contribution < 1.29 is 30.0 Å². The second-order valence-electron chi connectivity index (χ2n) is 10.1. The zero-order chi connectivity index (χ0) is 21.9. The minimum atomic E-state index is -1.03. The third-order valence-corrected chi connectivity index (χ3v) is 7.06. The Labute approximate surface area is 215 Å². The topological polar surface area (TPSA) is 121 Å². The molecule has 0 aliphatic heterocycles. The number of aliphatic hydroxyl groups excluding tert-OH is 2. The Morgan fingerprint density at radius 1 is 0.793 bits per heavy atom. The van der Waals surface area contributed by atoms with Crippen LogP contribution in [0.5, 0.6) is 0 Å². The Balaban J connectivity index is 0.000000523. The van der Waals surface area contributed by atoms with Gasteiger partial charge in [-0.15, -0.1) is 0 Å². The third-order valence-electron chi connectivity index (χ3n) is 7.06. The molecular weight excluding hydrogens is 498 g/mol. The molecule has 0 aromatic carbocycles. The summed E-state index contributed by atoms with van der Waals surface area (Å²) in [6.45, 7) is 11.6. The SMILES string of the molecule is CC(C)C1CCC(C)(C(=O)[O-])CC1O.CC(C)C1CCC(C)(C(=O)[O-])CC1O.[Ba+2]. The Morgan fingerprint density at radius 3 is 1.24 bits per heavy atom. The van der Waals surface area contributed by atoms with Crippen LogP contribution in [-0.4, -0.2) is 83.2 Å². The number of carbonyl (C=O) groups is 2. The zero-order valence-electron chi connectivity index (χ0n) is 18.9. The van der Waals surface area contributed by atoms with Gasteiger partial charge in [-0.1, -0.05) is 41.5 Å².